The predicted molar refractivity (Wildman–Crippen MR) is 67.8 cm³/mol. The van der Waals surface area contributed by atoms with Gasteiger partial charge in [0.2, 0.25) is 5.91 Å². The molecule has 0 aromatic heterocycles. The standard InChI is InChI=1S/C13H18N2O3/c1-4-13(2)10-7-9(8-15(17)18-3)5-6-11(10)14-12(13)16/h5-7,15H,4,8H2,1-3H3,(H,14,16). The van der Waals surface area contributed by atoms with E-state index in [1.165, 1.54) is 7.11 Å². The molecule has 0 saturated heterocycles. The molecule has 5 nitrogen and oxygen atoms in total. The van der Waals surface area contributed by atoms with Crippen molar-refractivity contribution in [3.8, 4) is 0 Å². The Kier molecular flexibility index (Phi) is 3.38. The molecule has 1 aromatic carbocycles. The van der Waals surface area contributed by atoms with E-state index in [0.29, 0.717) is 0 Å². The van der Waals surface area contributed by atoms with Gasteiger partial charge in [-0.2, -0.15) is 0 Å². The van der Waals surface area contributed by atoms with Gasteiger partial charge in [0.05, 0.1) is 12.5 Å². The second kappa shape index (κ2) is 4.68. The van der Waals surface area contributed by atoms with Gasteiger partial charge >= 0.3 is 0 Å². The fraction of sp³-hybridized carbons (Fsp3) is 0.462. The van der Waals surface area contributed by atoms with Gasteiger partial charge in [0.1, 0.15) is 6.54 Å². The van der Waals surface area contributed by atoms with E-state index in [9.17, 15) is 10.0 Å². The number of fused-ring (bicyclic) bond motifs is 1. The molecule has 0 aliphatic carbocycles. The number of hydrogen-bond acceptors (Lipinski definition) is 3. The monoisotopic (exact) mass is 250 g/mol. The lowest BCUT2D eigenvalue weighted by Gasteiger charge is -2.21. The summed E-state index contributed by atoms with van der Waals surface area (Å²) in [5, 5.41) is 13.9. The number of rotatable bonds is 4. The molecule has 1 heterocycles. The van der Waals surface area contributed by atoms with Crippen molar-refractivity contribution in [1.29, 1.82) is 0 Å². The smallest absolute Gasteiger partial charge is 0.234 e. The maximum atomic E-state index is 12.0. The Morgan fingerprint density at radius 2 is 2.22 bits per heavy atom. The van der Waals surface area contributed by atoms with Crippen LogP contribution in [0, 0.1) is 5.21 Å². The van der Waals surface area contributed by atoms with Crippen molar-refractivity contribution < 1.29 is 14.9 Å². The van der Waals surface area contributed by atoms with Crippen LogP contribution in [0.25, 0.3) is 0 Å². The minimum absolute atomic E-state index is 0.0234. The molecule has 2 atom stereocenters. The maximum Gasteiger partial charge on any atom is 0.234 e. The Morgan fingerprint density at radius 3 is 2.83 bits per heavy atom. The van der Waals surface area contributed by atoms with Crippen LogP contribution in [0.3, 0.4) is 0 Å². The quantitative estimate of drug-likeness (QED) is 0.775. The van der Waals surface area contributed by atoms with Gasteiger partial charge in [-0.1, -0.05) is 13.0 Å². The van der Waals surface area contributed by atoms with E-state index in [0.717, 1.165) is 23.2 Å². The summed E-state index contributed by atoms with van der Waals surface area (Å²) in [6.45, 7) is 4.15. The molecule has 2 unspecified atom stereocenters. The van der Waals surface area contributed by atoms with Crippen molar-refractivity contribution in [3.05, 3.63) is 34.5 Å². The van der Waals surface area contributed by atoms with Crippen LogP contribution in [0.15, 0.2) is 18.2 Å². The Balaban J connectivity index is 2.35. The van der Waals surface area contributed by atoms with Gasteiger partial charge in [-0.05, 0) is 31.0 Å². The van der Waals surface area contributed by atoms with Crippen LogP contribution in [0.2, 0.25) is 0 Å². The second-order valence-electron chi connectivity index (χ2n) is 4.77. The summed E-state index contributed by atoms with van der Waals surface area (Å²) in [5.74, 6) is 0.0234. The van der Waals surface area contributed by atoms with Gasteiger partial charge in [0.25, 0.3) is 0 Å². The lowest BCUT2D eigenvalue weighted by molar-refractivity contribution is -1.06. The van der Waals surface area contributed by atoms with Crippen molar-refractivity contribution in [1.82, 2.24) is 0 Å². The molecule has 0 radical (unpaired) electrons. The van der Waals surface area contributed by atoms with E-state index in [1.807, 2.05) is 32.0 Å². The number of carbonyl (C=O) groups excluding carboxylic acids is 1. The lowest BCUT2D eigenvalue weighted by atomic mass is 9.81. The SMILES string of the molecule is CCC1(C)C(=O)Nc2ccc(C[NH+]([O-])OC)cc21. The van der Waals surface area contributed by atoms with Crippen molar-refractivity contribution in [3.63, 3.8) is 0 Å². The molecule has 0 saturated carbocycles. The average molecular weight is 250 g/mol. The fourth-order valence-corrected chi connectivity index (χ4v) is 2.24. The molecular formula is C13H18N2O3. The number of amides is 1. The van der Waals surface area contributed by atoms with E-state index in [4.69, 9.17) is 0 Å². The van der Waals surface area contributed by atoms with Crippen molar-refractivity contribution >= 4 is 11.6 Å². The van der Waals surface area contributed by atoms with E-state index in [-0.39, 0.29) is 17.7 Å². The van der Waals surface area contributed by atoms with Gasteiger partial charge in [0, 0.05) is 11.3 Å². The van der Waals surface area contributed by atoms with Crippen LogP contribution in [-0.2, 0) is 21.6 Å². The van der Waals surface area contributed by atoms with E-state index in [1.54, 1.807) is 0 Å². The van der Waals surface area contributed by atoms with E-state index in [2.05, 4.69) is 10.2 Å². The normalized spacial score (nSPS) is 23.7. The average Bonchev–Trinajstić information content (AvgIpc) is 2.62. The zero-order valence-corrected chi connectivity index (χ0v) is 10.9. The molecule has 0 fully saturated rings. The van der Waals surface area contributed by atoms with Gasteiger partial charge < -0.3 is 10.5 Å². The highest BCUT2D eigenvalue weighted by Gasteiger charge is 2.41. The highest BCUT2D eigenvalue weighted by molar-refractivity contribution is 6.05. The molecule has 2 rings (SSSR count). The molecule has 5 heteroatoms. The van der Waals surface area contributed by atoms with E-state index < -0.39 is 5.41 Å². The number of nitrogens with one attached hydrogen (secondary N) is 2. The third-order valence-electron chi connectivity index (χ3n) is 3.71. The first kappa shape index (κ1) is 13.0. The molecule has 1 aliphatic rings. The Hall–Kier alpha value is -1.43. The van der Waals surface area contributed by atoms with Crippen LogP contribution in [0.4, 0.5) is 5.69 Å². The molecule has 18 heavy (non-hydrogen) atoms. The third kappa shape index (κ3) is 2.01. The number of benzene rings is 1. The summed E-state index contributed by atoms with van der Waals surface area (Å²) in [6, 6.07) is 5.62. The minimum Gasteiger partial charge on any atom is -0.600 e. The molecular weight excluding hydrogens is 232 g/mol. The van der Waals surface area contributed by atoms with Gasteiger partial charge in [-0.3, -0.25) is 4.79 Å². The van der Waals surface area contributed by atoms with Gasteiger partial charge in [0.15, 0.2) is 0 Å². The lowest BCUT2D eigenvalue weighted by Crippen LogP contribution is -3.04. The van der Waals surface area contributed by atoms with Gasteiger partial charge in [-0.15, -0.1) is 0 Å². The Labute approximate surface area is 106 Å². The van der Waals surface area contributed by atoms with Crippen molar-refractivity contribution in [2.45, 2.75) is 32.2 Å². The molecule has 98 valence electrons. The zero-order valence-electron chi connectivity index (χ0n) is 10.9. The number of carbonyl (C=O) groups is 1. The number of quaternary nitrogens is 1. The zero-order chi connectivity index (χ0) is 13.3. The Morgan fingerprint density at radius 1 is 1.50 bits per heavy atom. The highest BCUT2D eigenvalue weighted by Crippen LogP contribution is 2.40. The molecule has 0 spiro atoms. The van der Waals surface area contributed by atoms with Crippen molar-refractivity contribution in [2.75, 3.05) is 12.4 Å². The van der Waals surface area contributed by atoms with Gasteiger partial charge in [-0.25, -0.2) is 10.1 Å². The molecule has 2 N–H and O–H groups in total. The van der Waals surface area contributed by atoms with Crippen LogP contribution in [0.5, 0.6) is 0 Å². The molecule has 1 amide bonds. The first-order valence-electron chi connectivity index (χ1n) is 6.03. The molecule has 1 aromatic rings. The summed E-state index contributed by atoms with van der Waals surface area (Å²) < 4.78 is 0. The third-order valence-corrected chi connectivity index (χ3v) is 3.71. The summed E-state index contributed by atoms with van der Waals surface area (Å²) in [6.07, 6.45) is 0.730. The number of hydrogen-bond donors (Lipinski definition) is 2. The predicted octanol–water partition coefficient (Wildman–Crippen LogP) is 0.750. The summed E-state index contributed by atoms with van der Waals surface area (Å²) in [7, 11) is 1.37. The van der Waals surface area contributed by atoms with Crippen molar-refractivity contribution in [2.24, 2.45) is 0 Å². The summed E-state index contributed by atoms with van der Waals surface area (Å²) >= 11 is 0. The number of anilines is 1. The number of hydroxylamine groups is 2. The van der Waals surface area contributed by atoms with Crippen LogP contribution in [-0.4, -0.2) is 13.0 Å². The fourth-order valence-electron chi connectivity index (χ4n) is 2.24. The molecule has 1 aliphatic heterocycles. The van der Waals surface area contributed by atoms with Crippen LogP contribution < -0.4 is 10.5 Å². The second-order valence-corrected chi connectivity index (χ2v) is 4.77. The topological polar surface area (TPSA) is 65.8 Å². The Bertz CT molecular complexity index is 475. The van der Waals surface area contributed by atoms with Crippen LogP contribution in [0.1, 0.15) is 31.4 Å². The summed E-state index contributed by atoms with van der Waals surface area (Å²) in [5.41, 5.74) is 2.19. The largest absolute Gasteiger partial charge is 0.600 e. The summed E-state index contributed by atoms with van der Waals surface area (Å²) in [4.78, 5) is 16.6. The maximum absolute atomic E-state index is 12.0. The highest BCUT2D eigenvalue weighted by atomic mass is 16.9. The van der Waals surface area contributed by atoms with E-state index >= 15 is 0 Å². The first-order valence-corrected chi connectivity index (χ1v) is 6.03. The molecule has 0 bridgehead atoms. The first-order chi connectivity index (χ1) is 8.51. The minimum atomic E-state index is -0.499. The van der Waals surface area contributed by atoms with Crippen LogP contribution >= 0.6 is 0 Å².